The third-order valence-electron chi connectivity index (χ3n) is 4.10. The van der Waals surface area contributed by atoms with Crippen LogP contribution in [-0.4, -0.2) is 19.3 Å². The molecule has 1 aromatic rings. The molecule has 1 N–H and O–H groups in total. The van der Waals surface area contributed by atoms with Gasteiger partial charge in [0.2, 0.25) is 0 Å². The molecule has 2 nitrogen and oxygen atoms in total. The maximum absolute atomic E-state index is 13.6. The molecule has 1 aromatic carbocycles. The summed E-state index contributed by atoms with van der Waals surface area (Å²) in [5.41, 5.74) is 2.64. The third kappa shape index (κ3) is 3.77. The van der Waals surface area contributed by atoms with E-state index in [1.807, 2.05) is 26.0 Å². The summed E-state index contributed by atoms with van der Waals surface area (Å²) in [5, 5.41) is 3.58. The lowest BCUT2D eigenvalue weighted by Crippen LogP contribution is -2.34. The Bertz CT molecular complexity index is 402. The predicted octanol–water partition coefficient (Wildman–Crippen LogP) is 3.49. The molecule has 2 rings (SSSR count). The topological polar surface area (TPSA) is 21.3 Å². The molecule has 0 spiro atoms. The quantitative estimate of drug-likeness (QED) is 0.899. The van der Waals surface area contributed by atoms with Crippen molar-refractivity contribution < 1.29 is 9.13 Å². The Labute approximate surface area is 115 Å². The number of nitrogens with one attached hydrogen (secondary N) is 1. The molecule has 0 aliphatic heterocycles. The molecule has 106 valence electrons. The molecule has 1 saturated carbocycles. The summed E-state index contributed by atoms with van der Waals surface area (Å²) in [6.07, 6.45) is 5.04. The monoisotopic (exact) mass is 265 g/mol. The SMILES string of the molecule is COC1CCC(NCc2cc(C)c(F)c(C)c2)CC1. The van der Waals surface area contributed by atoms with Gasteiger partial charge in [0, 0.05) is 19.7 Å². The molecule has 0 radical (unpaired) electrons. The smallest absolute Gasteiger partial charge is 0.129 e. The zero-order chi connectivity index (χ0) is 13.8. The van der Waals surface area contributed by atoms with E-state index in [-0.39, 0.29) is 5.82 Å². The molecule has 0 aromatic heterocycles. The number of rotatable bonds is 4. The summed E-state index contributed by atoms with van der Waals surface area (Å²) < 4.78 is 18.9. The average molecular weight is 265 g/mol. The van der Waals surface area contributed by atoms with Gasteiger partial charge in [-0.15, -0.1) is 0 Å². The maximum Gasteiger partial charge on any atom is 0.129 e. The highest BCUT2D eigenvalue weighted by Gasteiger charge is 2.20. The summed E-state index contributed by atoms with van der Waals surface area (Å²) in [6, 6.07) is 4.45. The van der Waals surface area contributed by atoms with Crippen LogP contribution in [0.3, 0.4) is 0 Å². The van der Waals surface area contributed by atoms with Gasteiger partial charge in [0.25, 0.3) is 0 Å². The predicted molar refractivity (Wildman–Crippen MR) is 75.8 cm³/mol. The van der Waals surface area contributed by atoms with Crippen LogP contribution in [-0.2, 0) is 11.3 Å². The van der Waals surface area contributed by atoms with Crippen LogP contribution in [0.4, 0.5) is 4.39 Å². The second-order valence-corrected chi connectivity index (χ2v) is 5.63. The van der Waals surface area contributed by atoms with Crippen LogP contribution < -0.4 is 5.32 Å². The van der Waals surface area contributed by atoms with Crippen molar-refractivity contribution in [3.8, 4) is 0 Å². The van der Waals surface area contributed by atoms with Crippen molar-refractivity contribution in [3.05, 3.63) is 34.6 Å². The first-order valence-electron chi connectivity index (χ1n) is 7.12. The summed E-state index contributed by atoms with van der Waals surface area (Å²) >= 11 is 0. The molecule has 0 saturated heterocycles. The molecule has 0 atom stereocenters. The van der Waals surface area contributed by atoms with Gasteiger partial charge in [-0.05, 0) is 56.2 Å². The van der Waals surface area contributed by atoms with Crippen molar-refractivity contribution in [1.29, 1.82) is 0 Å². The fourth-order valence-corrected chi connectivity index (χ4v) is 2.90. The Hall–Kier alpha value is -0.930. The zero-order valence-electron chi connectivity index (χ0n) is 12.1. The van der Waals surface area contributed by atoms with Crippen LogP contribution >= 0.6 is 0 Å². The fourth-order valence-electron chi connectivity index (χ4n) is 2.90. The molecule has 3 heteroatoms. The van der Waals surface area contributed by atoms with E-state index < -0.39 is 0 Å². The van der Waals surface area contributed by atoms with Gasteiger partial charge in [0.05, 0.1) is 6.10 Å². The van der Waals surface area contributed by atoms with Gasteiger partial charge >= 0.3 is 0 Å². The van der Waals surface area contributed by atoms with Crippen molar-refractivity contribution >= 4 is 0 Å². The molecule has 1 aliphatic carbocycles. The second-order valence-electron chi connectivity index (χ2n) is 5.63. The van der Waals surface area contributed by atoms with Crippen molar-refractivity contribution in [2.24, 2.45) is 0 Å². The number of aryl methyl sites for hydroxylation is 2. The average Bonchev–Trinajstić information content (AvgIpc) is 2.43. The summed E-state index contributed by atoms with van der Waals surface area (Å²) in [6.45, 7) is 4.48. The highest BCUT2D eigenvalue weighted by atomic mass is 19.1. The first-order valence-corrected chi connectivity index (χ1v) is 7.12. The fraction of sp³-hybridized carbons (Fsp3) is 0.625. The van der Waals surface area contributed by atoms with Crippen LogP contribution in [0.2, 0.25) is 0 Å². The van der Waals surface area contributed by atoms with E-state index in [0.29, 0.717) is 12.1 Å². The molecular weight excluding hydrogens is 241 g/mol. The van der Waals surface area contributed by atoms with Crippen LogP contribution in [0.1, 0.15) is 42.4 Å². The lowest BCUT2D eigenvalue weighted by Gasteiger charge is -2.28. The molecule has 0 unspecified atom stereocenters. The Morgan fingerprint density at radius 3 is 2.26 bits per heavy atom. The van der Waals surface area contributed by atoms with Gasteiger partial charge in [0.15, 0.2) is 0 Å². The molecule has 1 aliphatic rings. The molecule has 19 heavy (non-hydrogen) atoms. The first-order chi connectivity index (χ1) is 9.10. The summed E-state index contributed by atoms with van der Waals surface area (Å²) in [7, 11) is 1.79. The number of methoxy groups -OCH3 is 1. The van der Waals surface area contributed by atoms with Gasteiger partial charge < -0.3 is 10.1 Å². The summed E-state index contributed by atoms with van der Waals surface area (Å²) in [4.78, 5) is 0. The van der Waals surface area contributed by atoms with Gasteiger partial charge in [-0.1, -0.05) is 12.1 Å². The van der Waals surface area contributed by atoms with E-state index in [4.69, 9.17) is 4.74 Å². The Kier molecular flexibility index (Phi) is 4.94. The number of benzene rings is 1. The number of hydrogen-bond acceptors (Lipinski definition) is 2. The zero-order valence-corrected chi connectivity index (χ0v) is 12.1. The van der Waals surface area contributed by atoms with E-state index in [9.17, 15) is 4.39 Å². The first kappa shape index (κ1) is 14.5. The Balaban J connectivity index is 1.86. The van der Waals surface area contributed by atoms with Crippen molar-refractivity contribution in [2.75, 3.05) is 7.11 Å². The molecule has 1 fully saturated rings. The van der Waals surface area contributed by atoms with Crippen LogP contribution in [0.5, 0.6) is 0 Å². The number of hydrogen-bond donors (Lipinski definition) is 1. The van der Waals surface area contributed by atoms with E-state index in [2.05, 4.69) is 5.32 Å². The van der Waals surface area contributed by atoms with E-state index in [1.165, 1.54) is 5.56 Å². The highest BCUT2D eigenvalue weighted by molar-refractivity contribution is 5.30. The molecule has 0 bridgehead atoms. The van der Waals surface area contributed by atoms with Gasteiger partial charge in [-0.25, -0.2) is 4.39 Å². The Morgan fingerprint density at radius 2 is 1.74 bits per heavy atom. The van der Waals surface area contributed by atoms with Crippen molar-refractivity contribution in [2.45, 2.75) is 58.2 Å². The van der Waals surface area contributed by atoms with E-state index in [0.717, 1.165) is 43.4 Å². The van der Waals surface area contributed by atoms with Crippen LogP contribution in [0.15, 0.2) is 12.1 Å². The standard InChI is InChI=1S/C16H24FNO/c1-11-8-13(9-12(2)16(11)17)10-18-14-4-6-15(19-3)7-5-14/h8-9,14-15,18H,4-7,10H2,1-3H3. The van der Waals surface area contributed by atoms with E-state index in [1.54, 1.807) is 7.11 Å². The Morgan fingerprint density at radius 1 is 1.16 bits per heavy atom. The lowest BCUT2D eigenvalue weighted by molar-refractivity contribution is 0.0624. The maximum atomic E-state index is 13.6. The van der Waals surface area contributed by atoms with Gasteiger partial charge in [-0.2, -0.15) is 0 Å². The largest absolute Gasteiger partial charge is 0.381 e. The molecule has 0 amide bonds. The normalized spacial score (nSPS) is 23.6. The minimum absolute atomic E-state index is 0.0793. The minimum Gasteiger partial charge on any atom is -0.381 e. The minimum atomic E-state index is -0.0793. The third-order valence-corrected chi connectivity index (χ3v) is 4.10. The van der Waals surface area contributed by atoms with Gasteiger partial charge in [0.1, 0.15) is 5.82 Å². The lowest BCUT2D eigenvalue weighted by atomic mass is 9.93. The summed E-state index contributed by atoms with van der Waals surface area (Å²) in [5.74, 6) is -0.0793. The van der Waals surface area contributed by atoms with Crippen molar-refractivity contribution in [1.82, 2.24) is 5.32 Å². The van der Waals surface area contributed by atoms with Crippen LogP contribution in [0.25, 0.3) is 0 Å². The molecule has 0 heterocycles. The number of halogens is 1. The second kappa shape index (κ2) is 6.49. The van der Waals surface area contributed by atoms with Gasteiger partial charge in [-0.3, -0.25) is 0 Å². The number of ether oxygens (including phenoxy) is 1. The van der Waals surface area contributed by atoms with Crippen LogP contribution in [0, 0.1) is 19.7 Å². The van der Waals surface area contributed by atoms with Crippen molar-refractivity contribution in [3.63, 3.8) is 0 Å². The molecular formula is C16H24FNO. The highest BCUT2D eigenvalue weighted by Crippen LogP contribution is 2.21. The van der Waals surface area contributed by atoms with E-state index >= 15 is 0 Å².